The van der Waals surface area contributed by atoms with Crippen molar-refractivity contribution < 1.29 is 23.7 Å². The van der Waals surface area contributed by atoms with E-state index in [1.54, 1.807) is 0 Å². The molecule has 0 aromatic heterocycles. The van der Waals surface area contributed by atoms with Crippen molar-refractivity contribution in [2.45, 2.75) is 174 Å². The fourth-order valence-electron chi connectivity index (χ4n) is 5.86. The van der Waals surface area contributed by atoms with Gasteiger partial charge in [0.2, 0.25) is 0 Å². The zero-order valence-corrected chi connectivity index (χ0v) is 28.8. The molecule has 1 heterocycles. The lowest BCUT2D eigenvalue weighted by Crippen LogP contribution is -2.26. The van der Waals surface area contributed by atoms with Gasteiger partial charge in [0.15, 0.2) is 6.29 Å². The van der Waals surface area contributed by atoms with E-state index < -0.39 is 0 Å². The average molecular weight is 619 g/mol. The highest BCUT2D eigenvalue weighted by molar-refractivity contribution is 5.13. The number of benzene rings is 1. The molecule has 1 fully saturated rings. The minimum absolute atomic E-state index is 0.0236. The highest BCUT2D eigenvalue weighted by Gasteiger charge is 2.13. The Morgan fingerprint density at radius 3 is 1.75 bits per heavy atom. The van der Waals surface area contributed by atoms with E-state index >= 15 is 0 Å². The summed E-state index contributed by atoms with van der Waals surface area (Å²) in [6.45, 7) is 7.51. The molecule has 0 saturated carbocycles. The summed E-state index contributed by atoms with van der Waals surface area (Å²) in [6.07, 6.45) is 30.1. The fraction of sp³-hybridized carbons (Fsp3) is 0.846. The summed E-state index contributed by atoms with van der Waals surface area (Å²) in [4.78, 5) is 0. The second-order valence-corrected chi connectivity index (χ2v) is 13.0. The van der Waals surface area contributed by atoms with Crippen LogP contribution >= 0.6 is 0 Å². The molecular formula is C39H70O5. The summed E-state index contributed by atoms with van der Waals surface area (Å²) < 4.78 is 29.7. The van der Waals surface area contributed by atoms with Gasteiger partial charge in [-0.1, -0.05) is 146 Å². The van der Waals surface area contributed by atoms with Gasteiger partial charge in [0.05, 0.1) is 19.8 Å². The van der Waals surface area contributed by atoms with E-state index in [1.807, 2.05) is 6.07 Å². The van der Waals surface area contributed by atoms with Crippen molar-refractivity contribution in [1.82, 2.24) is 0 Å². The van der Waals surface area contributed by atoms with Gasteiger partial charge in [-0.25, -0.2) is 0 Å². The van der Waals surface area contributed by atoms with Gasteiger partial charge in [-0.15, -0.1) is 0 Å². The van der Waals surface area contributed by atoms with Crippen LogP contribution in [0.1, 0.15) is 160 Å². The van der Waals surface area contributed by atoms with Crippen LogP contribution < -0.4 is 0 Å². The van der Waals surface area contributed by atoms with E-state index in [9.17, 15) is 0 Å². The average Bonchev–Trinajstić information content (AvgIpc) is 3.06. The van der Waals surface area contributed by atoms with Gasteiger partial charge in [-0.05, 0) is 44.1 Å². The van der Waals surface area contributed by atoms with Gasteiger partial charge in [0.1, 0.15) is 6.10 Å². The van der Waals surface area contributed by atoms with Crippen molar-refractivity contribution in [1.29, 1.82) is 0 Å². The molecule has 5 heteroatoms. The van der Waals surface area contributed by atoms with Crippen LogP contribution in [0.15, 0.2) is 30.3 Å². The molecule has 2 rings (SSSR count). The third-order valence-corrected chi connectivity index (χ3v) is 8.70. The van der Waals surface area contributed by atoms with Crippen LogP contribution in [0.3, 0.4) is 0 Å². The highest BCUT2D eigenvalue weighted by atomic mass is 16.7. The van der Waals surface area contributed by atoms with E-state index in [0.717, 1.165) is 45.7 Å². The van der Waals surface area contributed by atoms with Crippen LogP contribution in [0.2, 0.25) is 0 Å². The summed E-state index contributed by atoms with van der Waals surface area (Å²) in [5.74, 6) is 0. The SMILES string of the molecule is CCCCCCCCOC(COCCCCCCCCCCCCCCCCOC1CCCCO1)COCc1ccccc1. The molecule has 1 aromatic carbocycles. The number of hydrogen-bond acceptors (Lipinski definition) is 5. The first-order valence-corrected chi connectivity index (χ1v) is 18.9. The maximum Gasteiger partial charge on any atom is 0.157 e. The molecule has 2 unspecified atom stereocenters. The zero-order valence-electron chi connectivity index (χ0n) is 28.8. The van der Waals surface area contributed by atoms with E-state index in [-0.39, 0.29) is 12.4 Å². The molecule has 44 heavy (non-hydrogen) atoms. The Kier molecular flexibility index (Phi) is 27.3. The summed E-state index contributed by atoms with van der Waals surface area (Å²) in [5.41, 5.74) is 1.21. The van der Waals surface area contributed by atoms with Crippen molar-refractivity contribution >= 4 is 0 Å². The molecule has 1 aliphatic rings. The Labute approximate surface area is 272 Å². The lowest BCUT2D eigenvalue weighted by molar-refractivity contribution is -0.162. The second kappa shape index (κ2) is 30.7. The molecule has 0 amide bonds. The van der Waals surface area contributed by atoms with Crippen LogP contribution in [0.25, 0.3) is 0 Å². The molecule has 0 bridgehead atoms. The Hall–Kier alpha value is -0.980. The van der Waals surface area contributed by atoms with Crippen LogP contribution in [-0.4, -0.2) is 52.0 Å². The van der Waals surface area contributed by atoms with Crippen LogP contribution in [0.5, 0.6) is 0 Å². The smallest absolute Gasteiger partial charge is 0.157 e. The molecule has 1 aliphatic heterocycles. The highest BCUT2D eigenvalue weighted by Crippen LogP contribution is 2.16. The first-order chi connectivity index (χ1) is 21.9. The zero-order chi connectivity index (χ0) is 31.0. The summed E-state index contributed by atoms with van der Waals surface area (Å²) >= 11 is 0. The van der Waals surface area contributed by atoms with Crippen molar-refractivity contribution in [3.8, 4) is 0 Å². The van der Waals surface area contributed by atoms with Gasteiger partial charge in [-0.3, -0.25) is 0 Å². The van der Waals surface area contributed by atoms with Crippen molar-refractivity contribution in [2.24, 2.45) is 0 Å². The lowest BCUT2D eigenvalue weighted by Gasteiger charge is -2.22. The molecule has 0 N–H and O–H groups in total. The number of ether oxygens (including phenoxy) is 5. The minimum Gasteiger partial charge on any atom is -0.379 e. The monoisotopic (exact) mass is 619 g/mol. The topological polar surface area (TPSA) is 46.2 Å². The van der Waals surface area contributed by atoms with Gasteiger partial charge in [-0.2, -0.15) is 0 Å². The number of hydrogen-bond donors (Lipinski definition) is 0. The second-order valence-electron chi connectivity index (χ2n) is 13.0. The first-order valence-electron chi connectivity index (χ1n) is 18.9. The largest absolute Gasteiger partial charge is 0.379 e. The van der Waals surface area contributed by atoms with Crippen molar-refractivity contribution in [3.05, 3.63) is 35.9 Å². The van der Waals surface area contributed by atoms with Crippen LogP contribution in [0.4, 0.5) is 0 Å². The molecule has 1 aromatic rings. The third-order valence-electron chi connectivity index (χ3n) is 8.70. The standard InChI is InChI=1S/C39H70O5/c1-2-3-4-5-17-24-31-42-38(36-41-34-37-27-20-19-21-28-37)35-40-30-23-16-14-12-10-8-6-7-9-11-13-15-18-25-32-43-39-29-22-26-33-44-39/h19-21,27-28,38-39H,2-18,22-26,29-36H2,1H3. The Balaban J connectivity index is 1.34. The third kappa shape index (κ3) is 24.3. The van der Waals surface area contributed by atoms with Crippen molar-refractivity contribution in [3.63, 3.8) is 0 Å². The Morgan fingerprint density at radius 1 is 0.614 bits per heavy atom. The molecule has 256 valence electrons. The lowest BCUT2D eigenvalue weighted by atomic mass is 10.0. The fourth-order valence-corrected chi connectivity index (χ4v) is 5.86. The summed E-state index contributed by atoms with van der Waals surface area (Å²) in [5, 5.41) is 0. The van der Waals surface area contributed by atoms with E-state index in [0.29, 0.717) is 19.8 Å². The van der Waals surface area contributed by atoms with Gasteiger partial charge < -0.3 is 23.7 Å². The van der Waals surface area contributed by atoms with E-state index in [4.69, 9.17) is 23.7 Å². The Bertz CT molecular complexity index is 693. The molecule has 0 spiro atoms. The quantitative estimate of drug-likeness (QED) is 0.0752. The molecule has 0 aliphatic carbocycles. The Morgan fingerprint density at radius 2 is 1.16 bits per heavy atom. The van der Waals surface area contributed by atoms with E-state index in [2.05, 4.69) is 31.2 Å². The van der Waals surface area contributed by atoms with Crippen LogP contribution in [-0.2, 0) is 30.3 Å². The molecule has 1 saturated heterocycles. The van der Waals surface area contributed by atoms with E-state index in [1.165, 1.54) is 134 Å². The molecular weight excluding hydrogens is 548 g/mol. The molecule has 5 nitrogen and oxygen atoms in total. The number of unbranched alkanes of at least 4 members (excludes halogenated alkanes) is 18. The first kappa shape index (κ1) is 39.2. The number of rotatable bonds is 32. The summed E-state index contributed by atoms with van der Waals surface area (Å²) in [7, 11) is 0. The molecule has 0 radical (unpaired) electrons. The van der Waals surface area contributed by atoms with Gasteiger partial charge in [0, 0.05) is 26.4 Å². The van der Waals surface area contributed by atoms with Gasteiger partial charge >= 0.3 is 0 Å². The maximum absolute atomic E-state index is 6.18. The maximum atomic E-state index is 6.18. The normalized spacial score (nSPS) is 16.0. The van der Waals surface area contributed by atoms with Gasteiger partial charge in [0.25, 0.3) is 0 Å². The van der Waals surface area contributed by atoms with Crippen LogP contribution in [0, 0.1) is 0 Å². The summed E-state index contributed by atoms with van der Waals surface area (Å²) in [6, 6.07) is 10.4. The predicted molar refractivity (Wildman–Crippen MR) is 184 cm³/mol. The predicted octanol–water partition coefficient (Wildman–Crippen LogP) is 11.0. The minimum atomic E-state index is 0.0236. The molecule has 2 atom stereocenters. The van der Waals surface area contributed by atoms with Crippen molar-refractivity contribution in [2.75, 3.05) is 39.6 Å².